The van der Waals surface area contributed by atoms with Gasteiger partial charge in [-0.25, -0.2) is 0 Å². The van der Waals surface area contributed by atoms with Crippen LogP contribution >= 0.6 is 0 Å². The van der Waals surface area contributed by atoms with Crippen molar-refractivity contribution in [2.45, 2.75) is 46.5 Å². The van der Waals surface area contributed by atoms with Crippen molar-refractivity contribution in [3.05, 3.63) is 23.7 Å². The lowest BCUT2D eigenvalue weighted by Crippen LogP contribution is -2.07. The van der Waals surface area contributed by atoms with Crippen molar-refractivity contribution in [1.82, 2.24) is 0 Å². The summed E-state index contributed by atoms with van der Waals surface area (Å²) < 4.78 is 22.1. The molecule has 0 spiro atoms. The predicted molar refractivity (Wildman–Crippen MR) is 69.3 cm³/mol. The molecule has 104 valence electrons. The molecule has 0 aromatic carbocycles. The van der Waals surface area contributed by atoms with Gasteiger partial charge in [0.15, 0.2) is 5.76 Å². The number of hydrogen-bond donors (Lipinski definition) is 0. The van der Waals surface area contributed by atoms with Gasteiger partial charge in [0.1, 0.15) is 12.4 Å². The normalized spacial score (nSPS) is 11.3. The van der Waals surface area contributed by atoms with Crippen LogP contribution in [0.25, 0.3) is 0 Å². The molecule has 0 N–H and O–H groups in total. The minimum absolute atomic E-state index is 0.413. The third-order valence-corrected chi connectivity index (χ3v) is 2.44. The molecule has 1 aromatic rings. The van der Waals surface area contributed by atoms with E-state index in [1.165, 1.54) is 0 Å². The van der Waals surface area contributed by atoms with Crippen LogP contribution in [0.4, 0.5) is 0 Å². The van der Waals surface area contributed by atoms with Crippen molar-refractivity contribution in [3.63, 3.8) is 0 Å². The minimum atomic E-state index is -0.413. The first-order chi connectivity index (χ1) is 8.81. The fourth-order valence-corrected chi connectivity index (χ4v) is 1.53. The van der Waals surface area contributed by atoms with Gasteiger partial charge in [-0.2, -0.15) is 0 Å². The van der Waals surface area contributed by atoms with E-state index in [2.05, 4.69) is 6.92 Å². The Morgan fingerprint density at radius 3 is 2.44 bits per heavy atom. The first-order valence-corrected chi connectivity index (χ1v) is 6.71. The van der Waals surface area contributed by atoms with Crippen molar-refractivity contribution in [2.24, 2.45) is 0 Å². The number of unbranched alkanes of at least 4 members (excludes halogenated alkanes) is 1. The standard InChI is InChI=1S/C14H24O4/c1-4-7-10-15-11-12-8-9-13(18-12)14(16-5-2)17-6-3/h8-9,14H,4-7,10-11H2,1-3H3. The Balaban J connectivity index is 2.44. The molecule has 1 rings (SSSR count). The molecule has 4 nitrogen and oxygen atoms in total. The summed E-state index contributed by atoms with van der Waals surface area (Å²) in [7, 11) is 0. The second kappa shape index (κ2) is 9.14. The van der Waals surface area contributed by atoms with Crippen LogP contribution in [0.1, 0.15) is 51.4 Å². The smallest absolute Gasteiger partial charge is 0.217 e. The molecule has 0 unspecified atom stereocenters. The zero-order valence-corrected chi connectivity index (χ0v) is 11.6. The maximum absolute atomic E-state index is 5.66. The number of hydrogen-bond acceptors (Lipinski definition) is 4. The molecule has 0 radical (unpaired) electrons. The molecule has 0 fully saturated rings. The summed E-state index contributed by atoms with van der Waals surface area (Å²) in [5, 5.41) is 0. The molecule has 0 aliphatic carbocycles. The highest BCUT2D eigenvalue weighted by Crippen LogP contribution is 2.21. The Morgan fingerprint density at radius 2 is 1.83 bits per heavy atom. The van der Waals surface area contributed by atoms with E-state index in [1.807, 2.05) is 26.0 Å². The highest BCUT2D eigenvalue weighted by Gasteiger charge is 2.15. The molecule has 0 amide bonds. The van der Waals surface area contributed by atoms with Gasteiger partial charge in [0.2, 0.25) is 6.29 Å². The fourth-order valence-electron chi connectivity index (χ4n) is 1.53. The maximum Gasteiger partial charge on any atom is 0.217 e. The Hall–Kier alpha value is -0.840. The zero-order valence-electron chi connectivity index (χ0n) is 11.6. The molecule has 1 aromatic heterocycles. The van der Waals surface area contributed by atoms with E-state index in [0.29, 0.717) is 25.6 Å². The Bertz CT molecular complexity index is 302. The van der Waals surface area contributed by atoms with Crippen molar-refractivity contribution >= 4 is 0 Å². The molecule has 1 heterocycles. The Labute approximate surface area is 109 Å². The summed E-state index contributed by atoms with van der Waals surface area (Å²) in [6, 6.07) is 3.79. The topological polar surface area (TPSA) is 40.8 Å². The fraction of sp³-hybridized carbons (Fsp3) is 0.714. The van der Waals surface area contributed by atoms with Gasteiger partial charge in [-0.05, 0) is 32.4 Å². The molecule has 18 heavy (non-hydrogen) atoms. The molecule has 0 aliphatic rings. The SMILES string of the molecule is CCCCOCc1ccc(C(OCC)OCC)o1. The third-order valence-electron chi connectivity index (χ3n) is 2.44. The Kier molecular flexibility index (Phi) is 7.73. The zero-order chi connectivity index (χ0) is 13.2. The summed E-state index contributed by atoms with van der Waals surface area (Å²) in [4.78, 5) is 0. The lowest BCUT2D eigenvalue weighted by molar-refractivity contribution is -0.151. The van der Waals surface area contributed by atoms with Gasteiger partial charge in [0.05, 0.1) is 0 Å². The van der Waals surface area contributed by atoms with E-state index < -0.39 is 6.29 Å². The lowest BCUT2D eigenvalue weighted by Gasteiger charge is -2.14. The summed E-state index contributed by atoms with van der Waals surface area (Å²) in [6.45, 7) is 8.47. The van der Waals surface area contributed by atoms with Crippen LogP contribution in [0.3, 0.4) is 0 Å². The van der Waals surface area contributed by atoms with Crippen LogP contribution in [0.2, 0.25) is 0 Å². The summed E-state index contributed by atoms with van der Waals surface area (Å²) in [6.07, 6.45) is 1.80. The first kappa shape index (κ1) is 15.2. The van der Waals surface area contributed by atoms with Crippen LogP contribution in [0.5, 0.6) is 0 Å². The third kappa shape index (κ3) is 5.21. The largest absolute Gasteiger partial charge is 0.458 e. The molecular formula is C14H24O4. The monoisotopic (exact) mass is 256 g/mol. The molecule has 4 heteroatoms. The quantitative estimate of drug-likeness (QED) is 0.473. The Morgan fingerprint density at radius 1 is 1.11 bits per heavy atom. The predicted octanol–water partition coefficient (Wildman–Crippen LogP) is 3.67. The molecule has 0 saturated heterocycles. The van der Waals surface area contributed by atoms with E-state index >= 15 is 0 Å². The van der Waals surface area contributed by atoms with E-state index in [-0.39, 0.29) is 0 Å². The van der Waals surface area contributed by atoms with Crippen molar-refractivity contribution in [1.29, 1.82) is 0 Å². The van der Waals surface area contributed by atoms with Gasteiger partial charge >= 0.3 is 0 Å². The highest BCUT2D eigenvalue weighted by molar-refractivity contribution is 5.07. The van der Waals surface area contributed by atoms with E-state index in [1.54, 1.807) is 0 Å². The molecule has 0 aliphatic heterocycles. The second-order valence-electron chi connectivity index (χ2n) is 3.95. The van der Waals surface area contributed by atoms with Crippen LogP contribution in [-0.4, -0.2) is 19.8 Å². The van der Waals surface area contributed by atoms with E-state index in [9.17, 15) is 0 Å². The van der Waals surface area contributed by atoms with Crippen LogP contribution in [0, 0.1) is 0 Å². The van der Waals surface area contributed by atoms with Gasteiger partial charge in [0.25, 0.3) is 0 Å². The van der Waals surface area contributed by atoms with Gasteiger partial charge in [-0.15, -0.1) is 0 Å². The van der Waals surface area contributed by atoms with Crippen molar-refractivity contribution in [3.8, 4) is 0 Å². The van der Waals surface area contributed by atoms with Gasteiger partial charge in [-0.3, -0.25) is 0 Å². The van der Waals surface area contributed by atoms with Crippen LogP contribution < -0.4 is 0 Å². The average Bonchev–Trinajstić information content (AvgIpc) is 2.83. The van der Waals surface area contributed by atoms with E-state index in [4.69, 9.17) is 18.6 Å². The number of rotatable bonds is 10. The first-order valence-electron chi connectivity index (χ1n) is 6.71. The highest BCUT2D eigenvalue weighted by atomic mass is 16.7. The molecular weight excluding hydrogens is 232 g/mol. The van der Waals surface area contributed by atoms with Crippen molar-refractivity contribution in [2.75, 3.05) is 19.8 Å². The number of furan rings is 1. The lowest BCUT2D eigenvalue weighted by atomic mass is 10.4. The summed E-state index contributed by atoms with van der Waals surface area (Å²) >= 11 is 0. The average molecular weight is 256 g/mol. The van der Waals surface area contributed by atoms with Gasteiger partial charge in [-0.1, -0.05) is 13.3 Å². The second-order valence-corrected chi connectivity index (χ2v) is 3.95. The number of ether oxygens (including phenoxy) is 3. The maximum atomic E-state index is 5.66. The van der Waals surface area contributed by atoms with Crippen LogP contribution in [-0.2, 0) is 20.8 Å². The molecule has 0 atom stereocenters. The van der Waals surface area contributed by atoms with Gasteiger partial charge in [0, 0.05) is 19.8 Å². The van der Waals surface area contributed by atoms with E-state index in [0.717, 1.165) is 25.2 Å². The van der Waals surface area contributed by atoms with Gasteiger partial charge < -0.3 is 18.6 Å². The summed E-state index contributed by atoms with van der Waals surface area (Å²) in [5.74, 6) is 1.51. The molecule has 0 saturated carbocycles. The molecule has 0 bridgehead atoms. The summed E-state index contributed by atoms with van der Waals surface area (Å²) in [5.41, 5.74) is 0. The van der Waals surface area contributed by atoms with Crippen LogP contribution in [0.15, 0.2) is 16.5 Å². The minimum Gasteiger partial charge on any atom is -0.458 e. The van der Waals surface area contributed by atoms with Crippen molar-refractivity contribution < 1.29 is 18.6 Å².